The normalized spacial score (nSPS) is 10.1. The number of benzene rings is 1. The highest BCUT2D eigenvalue weighted by Gasteiger charge is 2.11. The Hall–Kier alpha value is -1.84. The van der Waals surface area contributed by atoms with Gasteiger partial charge in [-0.3, -0.25) is 0 Å². The molecule has 0 aliphatic heterocycles. The van der Waals surface area contributed by atoms with Crippen molar-refractivity contribution in [3.05, 3.63) is 35.4 Å². The molecule has 92 valence electrons. The lowest BCUT2D eigenvalue weighted by Gasteiger charge is -2.08. The van der Waals surface area contributed by atoms with Crippen LogP contribution in [-0.2, 0) is 9.47 Å². The Labute approximate surface area is 101 Å². The number of ether oxygens (including phenoxy) is 2. The third-order valence-electron chi connectivity index (χ3n) is 1.97. The van der Waals surface area contributed by atoms with E-state index in [-0.39, 0.29) is 6.10 Å². The Morgan fingerprint density at radius 2 is 1.53 bits per heavy atom. The lowest BCUT2D eigenvalue weighted by molar-refractivity contribution is 0.0376. The minimum absolute atomic E-state index is 0.160. The van der Waals surface area contributed by atoms with Gasteiger partial charge in [0, 0.05) is 0 Å². The first-order chi connectivity index (χ1) is 8.04. The number of hydrogen-bond acceptors (Lipinski definition) is 4. The number of carbonyl (C=O) groups excluding carboxylic acids is 2. The molecule has 1 aromatic rings. The molecule has 0 aromatic heterocycles. The molecule has 0 aliphatic carbocycles. The highest BCUT2D eigenvalue weighted by atomic mass is 16.5. The highest BCUT2D eigenvalue weighted by molar-refractivity contribution is 5.93. The molecular weight excluding hydrogens is 220 g/mol. The van der Waals surface area contributed by atoms with Crippen LogP contribution in [0.4, 0.5) is 0 Å². The van der Waals surface area contributed by atoms with Crippen LogP contribution in [0.1, 0.15) is 41.5 Å². The molecule has 1 rings (SSSR count). The molecule has 0 aliphatic rings. The van der Waals surface area contributed by atoms with Crippen LogP contribution in [0.15, 0.2) is 24.3 Å². The zero-order chi connectivity index (χ0) is 12.8. The van der Waals surface area contributed by atoms with E-state index in [0.717, 1.165) is 0 Å². The summed E-state index contributed by atoms with van der Waals surface area (Å²) in [5.74, 6) is -0.785. The Morgan fingerprint density at radius 3 is 1.94 bits per heavy atom. The smallest absolute Gasteiger partial charge is 0.338 e. The van der Waals surface area contributed by atoms with E-state index in [9.17, 15) is 9.59 Å². The molecule has 17 heavy (non-hydrogen) atoms. The van der Waals surface area contributed by atoms with Crippen molar-refractivity contribution in [2.45, 2.75) is 26.9 Å². The molecule has 1 aromatic carbocycles. The van der Waals surface area contributed by atoms with Gasteiger partial charge in [-0.2, -0.15) is 0 Å². The van der Waals surface area contributed by atoms with Crippen molar-refractivity contribution in [2.24, 2.45) is 0 Å². The van der Waals surface area contributed by atoms with Crippen LogP contribution >= 0.6 is 0 Å². The summed E-state index contributed by atoms with van der Waals surface area (Å²) < 4.78 is 9.87. The van der Waals surface area contributed by atoms with Gasteiger partial charge in [0.05, 0.1) is 23.8 Å². The van der Waals surface area contributed by atoms with Crippen molar-refractivity contribution < 1.29 is 19.1 Å². The monoisotopic (exact) mass is 236 g/mol. The molecular formula is C13H16O4. The van der Waals surface area contributed by atoms with Crippen molar-refractivity contribution in [2.75, 3.05) is 6.61 Å². The van der Waals surface area contributed by atoms with Gasteiger partial charge in [-0.15, -0.1) is 0 Å². The van der Waals surface area contributed by atoms with Crippen molar-refractivity contribution in [3.8, 4) is 0 Å². The first-order valence-electron chi connectivity index (χ1n) is 5.52. The van der Waals surface area contributed by atoms with Crippen LogP contribution in [0.25, 0.3) is 0 Å². The zero-order valence-corrected chi connectivity index (χ0v) is 10.2. The van der Waals surface area contributed by atoms with Crippen LogP contribution in [-0.4, -0.2) is 24.6 Å². The van der Waals surface area contributed by atoms with E-state index in [2.05, 4.69) is 0 Å². The van der Waals surface area contributed by atoms with E-state index in [1.807, 2.05) is 0 Å². The molecule has 0 radical (unpaired) electrons. The summed E-state index contributed by atoms with van der Waals surface area (Å²) in [6, 6.07) is 6.21. The molecule has 0 atom stereocenters. The van der Waals surface area contributed by atoms with Gasteiger partial charge in [0.25, 0.3) is 0 Å². The third-order valence-corrected chi connectivity index (χ3v) is 1.97. The second-order valence-electron chi connectivity index (χ2n) is 3.75. The number of rotatable bonds is 4. The largest absolute Gasteiger partial charge is 0.462 e. The van der Waals surface area contributed by atoms with E-state index >= 15 is 0 Å². The first-order valence-corrected chi connectivity index (χ1v) is 5.52. The Bertz CT molecular complexity index is 392. The van der Waals surface area contributed by atoms with Gasteiger partial charge < -0.3 is 9.47 Å². The summed E-state index contributed by atoms with van der Waals surface area (Å²) in [6.07, 6.45) is -0.160. The van der Waals surface area contributed by atoms with Crippen LogP contribution in [0.5, 0.6) is 0 Å². The Balaban J connectivity index is 2.74. The summed E-state index contributed by atoms with van der Waals surface area (Å²) in [7, 11) is 0. The fourth-order valence-electron chi connectivity index (χ4n) is 1.24. The fourth-order valence-corrected chi connectivity index (χ4v) is 1.24. The van der Waals surface area contributed by atoms with E-state index in [1.165, 1.54) is 0 Å². The zero-order valence-electron chi connectivity index (χ0n) is 10.2. The number of esters is 2. The molecule has 0 spiro atoms. The lowest BCUT2D eigenvalue weighted by Crippen LogP contribution is -2.12. The average molecular weight is 236 g/mol. The van der Waals surface area contributed by atoms with Crippen LogP contribution in [0.3, 0.4) is 0 Å². The van der Waals surface area contributed by atoms with Crippen LogP contribution in [0.2, 0.25) is 0 Å². The van der Waals surface area contributed by atoms with Crippen molar-refractivity contribution >= 4 is 11.9 Å². The molecule has 0 amide bonds. The Kier molecular flexibility index (Phi) is 4.69. The maximum Gasteiger partial charge on any atom is 0.338 e. The van der Waals surface area contributed by atoms with Crippen molar-refractivity contribution in [1.82, 2.24) is 0 Å². The standard InChI is InChI=1S/C13H16O4/c1-4-16-12(14)10-5-7-11(8-6-10)13(15)17-9(2)3/h5-9H,4H2,1-3H3. The maximum atomic E-state index is 11.5. The van der Waals surface area contributed by atoms with Gasteiger partial charge in [-0.05, 0) is 45.0 Å². The van der Waals surface area contributed by atoms with Gasteiger partial charge in [-0.1, -0.05) is 0 Å². The molecule has 0 fully saturated rings. The lowest BCUT2D eigenvalue weighted by atomic mass is 10.1. The van der Waals surface area contributed by atoms with Gasteiger partial charge in [-0.25, -0.2) is 9.59 Å². The van der Waals surface area contributed by atoms with E-state index < -0.39 is 11.9 Å². The first kappa shape index (κ1) is 13.2. The van der Waals surface area contributed by atoms with E-state index in [1.54, 1.807) is 45.0 Å². The van der Waals surface area contributed by atoms with Crippen LogP contribution < -0.4 is 0 Å². The number of carbonyl (C=O) groups is 2. The molecule has 0 saturated heterocycles. The second-order valence-corrected chi connectivity index (χ2v) is 3.75. The molecule has 0 saturated carbocycles. The maximum absolute atomic E-state index is 11.5. The van der Waals surface area contributed by atoms with Gasteiger partial charge in [0.2, 0.25) is 0 Å². The summed E-state index contributed by atoms with van der Waals surface area (Å²) in [5.41, 5.74) is 0.847. The van der Waals surface area contributed by atoms with Gasteiger partial charge in [0.1, 0.15) is 0 Å². The Morgan fingerprint density at radius 1 is 1.06 bits per heavy atom. The summed E-state index contributed by atoms with van der Waals surface area (Å²) in [6.45, 7) is 5.64. The van der Waals surface area contributed by atoms with E-state index in [0.29, 0.717) is 17.7 Å². The fraction of sp³-hybridized carbons (Fsp3) is 0.385. The molecule has 0 heterocycles. The van der Waals surface area contributed by atoms with Gasteiger partial charge >= 0.3 is 11.9 Å². The SMILES string of the molecule is CCOC(=O)c1ccc(C(=O)OC(C)C)cc1. The summed E-state index contributed by atoms with van der Waals surface area (Å²) >= 11 is 0. The van der Waals surface area contributed by atoms with Crippen molar-refractivity contribution in [3.63, 3.8) is 0 Å². The second kappa shape index (κ2) is 6.03. The minimum Gasteiger partial charge on any atom is -0.462 e. The topological polar surface area (TPSA) is 52.6 Å². The van der Waals surface area contributed by atoms with Crippen LogP contribution in [0, 0.1) is 0 Å². The number of hydrogen-bond donors (Lipinski definition) is 0. The predicted octanol–water partition coefficient (Wildman–Crippen LogP) is 2.43. The average Bonchev–Trinajstić information content (AvgIpc) is 2.28. The highest BCUT2D eigenvalue weighted by Crippen LogP contribution is 2.08. The molecule has 0 N–H and O–H groups in total. The quantitative estimate of drug-likeness (QED) is 0.753. The third kappa shape index (κ3) is 3.90. The minimum atomic E-state index is -0.393. The molecule has 0 bridgehead atoms. The summed E-state index contributed by atoms with van der Waals surface area (Å²) in [5, 5.41) is 0. The predicted molar refractivity (Wildman–Crippen MR) is 63.0 cm³/mol. The molecule has 0 unspecified atom stereocenters. The van der Waals surface area contributed by atoms with Crippen molar-refractivity contribution in [1.29, 1.82) is 0 Å². The van der Waals surface area contributed by atoms with Gasteiger partial charge in [0.15, 0.2) is 0 Å². The summed E-state index contributed by atoms with van der Waals surface area (Å²) in [4.78, 5) is 22.9. The molecule has 4 heteroatoms. The van der Waals surface area contributed by atoms with E-state index in [4.69, 9.17) is 9.47 Å². The molecule has 4 nitrogen and oxygen atoms in total.